The maximum Gasteiger partial charge on any atom is 0.343 e. The molecule has 1 N–H and O–H groups in total. The maximum absolute atomic E-state index is 12.5. The van der Waals surface area contributed by atoms with Crippen LogP contribution in [-0.4, -0.2) is 21.6 Å². The van der Waals surface area contributed by atoms with Crippen LogP contribution in [0.4, 0.5) is 4.39 Å². The van der Waals surface area contributed by atoms with Gasteiger partial charge in [0.25, 0.3) is 0 Å². The zero-order chi connectivity index (χ0) is 8.36. The fraction of sp³-hybridized carbons (Fsp3) is 0.800. The van der Waals surface area contributed by atoms with E-state index in [2.05, 4.69) is 0 Å². The molecule has 0 saturated heterocycles. The van der Waals surface area contributed by atoms with E-state index in [0.29, 0.717) is 0 Å². The van der Waals surface area contributed by atoms with Crippen molar-refractivity contribution in [2.24, 2.45) is 0 Å². The predicted molar refractivity (Wildman–Crippen MR) is 37.3 cm³/mol. The lowest BCUT2D eigenvalue weighted by Crippen LogP contribution is -2.35. The summed E-state index contributed by atoms with van der Waals surface area (Å²) in [6, 6.07) is 0. The van der Waals surface area contributed by atoms with E-state index in [9.17, 15) is 9.18 Å². The molecular formula is C5H7Cl2FO2. The van der Waals surface area contributed by atoms with Gasteiger partial charge in [0.1, 0.15) is 6.17 Å². The molecule has 0 rings (SSSR count). The van der Waals surface area contributed by atoms with E-state index in [4.69, 9.17) is 28.3 Å². The Kier molecular flexibility index (Phi) is 3.39. The van der Waals surface area contributed by atoms with Crippen molar-refractivity contribution in [3.8, 4) is 0 Å². The number of carboxylic acid groups (broad SMARTS) is 1. The largest absolute Gasteiger partial charge is 0.479 e. The SMILES string of the molecule is CCC(F)C(Cl)(Cl)C(=O)O. The highest BCUT2D eigenvalue weighted by Gasteiger charge is 2.42. The molecule has 0 aromatic rings. The molecule has 0 aliphatic rings. The van der Waals surface area contributed by atoms with Crippen molar-refractivity contribution < 1.29 is 14.3 Å². The molecule has 5 heteroatoms. The predicted octanol–water partition coefficient (Wildman–Crippen LogP) is 1.99. The molecule has 0 aromatic carbocycles. The van der Waals surface area contributed by atoms with Crippen LogP contribution in [0.2, 0.25) is 0 Å². The number of aliphatic carboxylic acids is 1. The Hall–Kier alpha value is -0.0200. The third-order valence-electron chi connectivity index (χ3n) is 1.04. The highest BCUT2D eigenvalue weighted by Crippen LogP contribution is 2.29. The van der Waals surface area contributed by atoms with Gasteiger partial charge in [0.05, 0.1) is 0 Å². The minimum Gasteiger partial charge on any atom is -0.479 e. The molecule has 1 atom stereocenters. The molecule has 0 amide bonds. The van der Waals surface area contributed by atoms with E-state index in [1.165, 1.54) is 6.92 Å². The number of halogens is 3. The molecule has 10 heavy (non-hydrogen) atoms. The second-order valence-electron chi connectivity index (χ2n) is 1.80. The molecule has 0 fully saturated rings. The van der Waals surface area contributed by atoms with E-state index >= 15 is 0 Å². The van der Waals surface area contributed by atoms with Crippen LogP contribution < -0.4 is 0 Å². The van der Waals surface area contributed by atoms with Crippen molar-refractivity contribution in [3.05, 3.63) is 0 Å². The molecule has 2 nitrogen and oxygen atoms in total. The minimum atomic E-state index is -2.30. The Morgan fingerprint density at radius 2 is 2.20 bits per heavy atom. The Balaban J connectivity index is 4.23. The molecule has 0 aromatic heterocycles. The van der Waals surface area contributed by atoms with Crippen LogP contribution in [0.25, 0.3) is 0 Å². The van der Waals surface area contributed by atoms with Crippen molar-refractivity contribution in [1.82, 2.24) is 0 Å². The van der Waals surface area contributed by atoms with Crippen molar-refractivity contribution in [3.63, 3.8) is 0 Å². The van der Waals surface area contributed by atoms with Gasteiger partial charge in [-0.05, 0) is 6.42 Å². The highest BCUT2D eigenvalue weighted by atomic mass is 35.5. The average Bonchev–Trinajstić information content (AvgIpc) is 1.86. The number of hydrogen-bond acceptors (Lipinski definition) is 1. The zero-order valence-electron chi connectivity index (χ0n) is 5.27. The van der Waals surface area contributed by atoms with Crippen LogP contribution in [0.1, 0.15) is 13.3 Å². The number of rotatable bonds is 3. The minimum absolute atomic E-state index is 0.0146. The molecule has 0 bridgehead atoms. The lowest BCUT2D eigenvalue weighted by Gasteiger charge is -2.16. The van der Waals surface area contributed by atoms with Gasteiger partial charge in [-0.3, -0.25) is 0 Å². The van der Waals surface area contributed by atoms with Crippen LogP contribution in [-0.2, 0) is 4.79 Å². The fourth-order valence-corrected chi connectivity index (χ4v) is 0.699. The molecule has 0 radical (unpaired) electrons. The summed E-state index contributed by atoms with van der Waals surface area (Å²) < 4.78 is 10.2. The number of carbonyl (C=O) groups is 1. The highest BCUT2D eigenvalue weighted by molar-refractivity contribution is 6.57. The van der Waals surface area contributed by atoms with E-state index in [0.717, 1.165) is 0 Å². The first-order valence-electron chi connectivity index (χ1n) is 2.68. The van der Waals surface area contributed by atoms with Gasteiger partial charge in [0.15, 0.2) is 0 Å². The second kappa shape index (κ2) is 3.39. The van der Waals surface area contributed by atoms with E-state index in [1.54, 1.807) is 0 Å². The van der Waals surface area contributed by atoms with Gasteiger partial charge in [-0.25, -0.2) is 9.18 Å². The Bertz CT molecular complexity index is 138. The van der Waals surface area contributed by atoms with Crippen molar-refractivity contribution in [2.75, 3.05) is 0 Å². The van der Waals surface area contributed by atoms with Gasteiger partial charge in [-0.2, -0.15) is 0 Å². The van der Waals surface area contributed by atoms with Gasteiger partial charge in [-0.15, -0.1) is 0 Å². The summed E-state index contributed by atoms with van der Waals surface area (Å²) in [4.78, 5) is 10.1. The Morgan fingerprint density at radius 1 is 1.80 bits per heavy atom. The first-order chi connectivity index (χ1) is 4.42. The summed E-state index contributed by atoms with van der Waals surface area (Å²) >= 11 is 10.2. The summed E-state index contributed by atoms with van der Waals surface area (Å²) in [5.74, 6) is -1.55. The van der Waals surface area contributed by atoms with Gasteiger partial charge in [0, 0.05) is 0 Å². The van der Waals surface area contributed by atoms with Crippen LogP contribution in [0, 0.1) is 0 Å². The molecule has 60 valence electrons. The second-order valence-corrected chi connectivity index (χ2v) is 3.19. The molecule has 0 heterocycles. The van der Waals surface area contributed by atoms with E-state index in [-0.39, 0.29) is 6.42 Å². The number of hydrogen-bond donors (Lipinski definition) is 1. The summed E-state index contributed by atoms with van der Waals surface area (Å²) in [6.07, 6.45) is -1.74. The average molecular weight is 189 g/mol. The lowest BCUT2D eigenvalue weighted by molar-refractivity contribution is -0.139. The molecule has 0 spiro atoms. The van der Waals surface area contributed by atoms with Gasteiger partial charge < -0.3 is 5.11 Å². The van der Waals surface area contributed by atoms with E-state index in [1.807, 2.05) is 0 Å². The topological polar surface area (TPSA) is 37.3 Å². The number of alkyl halides is 3. The Labute approximate surface area is 67.9 Å². The lowest BCUT2D eigenvalue weighted by atomic mass is 10.2. The normalized spacial score (nSPS) is 14.8. The standard InChI is InChI=1S/C5H7Cl2FO2/c1-2-3(8)5(6,7)4(9)10/h3H,2H2,1H3,(H,9,10). The third-order valence-corrected chi connectivity index (χ3v) is 1.83. The van der Waals surface area contributed by atoms with Crippen LogP contribution in [0.5, 0.6) is 0 Å². The summed E-state index contributed by atoms with van der Waals surface area (Å²) in [7, 11) is 0. The molecule has 0 aliphatic carbocycles. The Morgan fingerprint density at radius 3 is 2.30 bits per heavy atom. The van der Waals surface area contributed by atoms with E-state index < -0.39 is 16.5 Å². The first-order valence-corrected chi connectivity index (χ1v) is 3.43. The monoisotopic (exact) mass is 188 g/mol. The molecule has 0 aliphatic heterocycles. The van der Waals surface area contributed by atoms with Crippen LogP contribution in [0.15, 0.2) is 0 Å². The summed E-state index contributed by atoms with van der Waals surface area (Å²) in [6.45, 7) is 1.47. The van der Waals surface area contributed by atoms with Gasteiger partial charge >= 0.3 is 5.97 Å². The van der Waals surface area contributed by atoms with Crippen LogP contribution in [0.3, 0.4) is 0 Å². The quantitative estimate of drug-likeness (QED) is 0.689. The molecule has 0 saturated carbocycles. The maximum atomic E-state index is 12.5. The van der Waals surface area contributed by atoms with Crippen molar-refractivity contribution in [1.29, 1.82) is 0 Å². The van der Waals surface area contributed by atoms with Crippen LogP contribution >= 0.6 is 23.2 Å². The smallest absolute Gasteiger partial charge is 0.343 e. The van der Waals surface area contributed by atoms with Gasteiger partial charge in [0.2, 0.25) is 4.33 Å². The zero-order valence-corrected chi connectivity index (χ0v) is 6.79. The van der Waals surface area contributed by atoms with Gasteiger partial charge in [-0.1, -0.05) is 30.1 Å². The summed E-state index contributed by atoms with van der Waals surface area (Å²) in [5.41, 5.74) is 0. The molecule has 1 unspecified atom stereocenters. The van der Waals surface area contributed by atoms with Crippen molar-refractivity contribution >= 4 is 29.2 Å². The third kappa shape index (κ3) is 1.99. The fourth-order valence-electron chi connectivity index (χ4n) is 0.390. The van der Waals surface area contributed by atoms with Crippen molar-refractivity contribution in [2.45, 2.75) is 23.8 Å². The number of carboxylic acids is 1. The first kappa shape index (κ1) is 9.98. The summed E-state index contributed by atoms with van der Waals surface area (Å²) in [5, 5.41) is 8.24. The molecular weight excluding hydrogens is 182 g/mol.